The van der Waals surface area contributed by atoms with E-state index in [9.17, 15) is 9.18 Å². The molecule has 0 aliphatic rings. The molecule has 118 valence electrons. The van der Waals surface area contributed by atoms with Crippen LogP contribution >= 0.6 is 0 Å². The van der Waals surface area contributed by atoms with Crippen molar-refractivity contribution in [1.29, 1.82) is 0 Å². The summed E-state index contributed by atoms with van der Waals surface area (Å²) in [5.74, 6) is 1.99. The van der Waals surface area contributed by atoms with E-state index in [1.54, 1.807) is 24.1 Å². The van der Waals surface area contributed by atoms with Gasteiger partial charge in [0.2, 0.25) is 0 Å². The maximum Gasteiger partial charge on any atom is 0.320 e. The number of allylic oxidation sites excluding steroid dienone is 1. The van der Waals surface area contributed by atoms with Crippen molar-refractivity contribution in [1.82, 2.24) is 4.90 Å². The van der Waals surface area contributed by atoms with Gasteiger partial charge in [-0.25, -0.2) is 4.39 Å². The first-order valence-electron chi connectivity index (χ1n) is 7.04. The molecule has 1 aromatic rings. The van der Waals surface area contributed by atoms with Crippen LogP contribution in [-0.2, 0) is 9.53 Å². The molecule has 4 heteroatoms. The lowest BCUT2D eigenvalue weighted by Gasteiger charge is -2.22. The summed E-state index contributed by atoms with van der Waals surface area (Å²) in [4.78, 5) is 13.5. The van der Waals surface area contributed by atoms with Crippen LogP contribution in [-0.4, -0.2) is 36.6 Å². The lowest BCUT2D eigenvalue weighted by molar-refractivity contribution is -0.155. The first kappa shape index (κ1) is 17.9. The molecule has 0 heterocycles. The number of benzene rings is 1. The van der Waals surface area contributed by atoms with Crippen LogP contribution < -0.4 is 0 Å². The lowest BCUT2D eigenvalue weighted by atomic mass is 10.1. The Hall–Kier alpha value is -2.12. The first-order valence-corrected chi connectivity index (χ1v) is 7.04. The van der Waals surface area contributed by atoms with Crippen molar-refractivity contribution in [3.63, 3.8) is 0 Å². The number of hydrogen-bond donors (Lipinski definition) is 0. The number of carbonyl (C=O) groups is 1. The van der Waals surface area contributed by atoms with Crippen molar-refractivity contribution in [2.45, 2.75) is 26.4 Å². The zero-order valence-electron chi connectivity index (χ0n) is 13.5. The van der Waals surface area contributed by atoms with Gasteiger partial charge >= 0.3 is 5.97 Å². The summed E-state index contributed by atoms with van der Waals surface area (Å²) < 4.78 is 18.2. The summed E-state index contributed by atoms with van der Waals surface area (Å²) >= 11 is 0. The van der Waals surface area contributed by atoms with Crippen molar-refractivity contribution < 1.29 is 13.9 Å². The molecule has 1 rings (SSSR count). The molecule has 0 atom stereocenters. The van der Waals surface area contributed by atoms with Gasteiger partial charge in [0, 0.05) is 12.1 Å². The van der Waals surface area contributed by atoms with Gasteiger partial charge < -0.3 is 4.74 Å². The number of ether oxygens (including phenoxy) is 1. The fourth-order valence-electron chi connectivity index (χ4n) is 1.80. The highest BCUT2D eigenvalue weighted by Gasteiger charge is 2.17. The van der Waals surface area contributed by atoms with Gasteiger partial charge in [0.25, 0.3) is 0 Å². The van der Waals surface area contributed by atoms with E-state index in [0.717, 1.165) is 5.56 Å². The molecule has 3 nitrogen and oxygen atoms in total. The van der Waals surface area contributed by atoms with Crippen molar-refractivity contribution in [2.24, 2.45) is 0 Å². The Morgan fingerprint density at radius 2 is 1.95 bits per heavy atom. The molecule has 22 heavy (non-hydrogen) atoms. The van der Waals surface area contributed by atoms with Crippen LogP contribution in [0.25, 0.3) is 5.57 Å². The van der Waals surface area contributed by atoms with Crippen LogP contribution in [0.2, 0.25) is 0 Å². The predicted molar refractivity (Wildman–Crippen MR) is 86.6 cm³/mol. The normalized spacial score (nSPS) is 12.1. The second-order valence-corrected chi connectivity index (χ2v) is 6.05. The van der Waals surface area contributed by atoms with E-state index >= 15 is 0 Å². The summed E-state index contributed by atoms with van der Waals surface area (Å²) in [5.41, 5.74) is 0.942. The number of likely N-dealkylation sites (N-methyl/N-ethyl adjacent to an activating group) is 1. The van der Waals surface area contributed by atoms with Gasteiger partial charge in [0.1, 0.15) is 11.4 Å². The van der Waals surface area contributed by atoms with Crippen LogP contribution in [0.15, 0.2) is 30.3 Å². The fraction of sp³-hybridized carbons (Fsp3) is 0.389. The molecule has 0 unspecified atom stereocenters. The zero-order chi connectivity index (χ0) is 16.8. The molecule has 0 fully saturated rings. The average Bonchev–Trinajstić information content (AvgIpc) is 2.39. The highest BCUT2D eigenvalue weighted by Crippen LogP contribution is 2.14. The average molecular weight is 303 g/mol. The molecular weight excluding hydrogens is 281 g/mol. The molecule has 0 aliphatic heterocycles. The Morgan fingerprint density at radius 1 is 1.36 bits per heavy atom. The number of terminal acetylenes is 1. The largest absolute Gasteiger partial charge is 0.459 e. The molecule has 0 saturated heterocycles. The van der Waals surface area contributed by atoms with Crippen molar-refractivity contribution in [3.8, 4) is 12.3 Å². The Labute approximate surface area is 131 Å². The van der Waals surface area contributed by atoms with E-state index in [1.165, 1.54) is 12.1 Å². The van der Waals surface area contributed by atoms with Crippen molar-refractivity contribution in [3.05, 3.63) is 41.7 Å². The fourth-order valence-corrected chi connectivity index (χ4v) is 1.80. The Balaban J connectivity index is 2.63. The van der Waals surface area contributed by atoms with Gasteiger partial charge in [-0.15, -0.1) is 6.42 Å². The van der Waals surface area contributed by atoms with Crippen LogP contribution in [0.3, 0.4) is 0 Å². The van der Waals surface area contributed by atoms with E-state index in [1.807, 2.05) is 26.8 Å². The van der Waals surface area contributed by atoms with E-state index in [-0.39, 0.29) is 18.3 Å². The van der Waals surface area contributed by atoms with Crippen LogP contribution in [0.4, 0.5) is 4.39 Å². The molecule has 0 aliphatic carbocycles. The monoisotopic (exact) mass is 303 g/mol. The lowest BCUT2D eigenvalue weighted by Crippen LogP contribution is -2.32. The summed E-state index contributed by atoms with van der Waals surface area (Å²) in [7, 11) is 1.80. The molecule has 0 amide bonds. The smallest absolute Gasteiger partial charge is 0.320 e. The third kappa shape index (κ3) is 6.55. The minimum Gasteiger partial charge on any atom is -0.459 e. The van der Waals surface area contributed by atoms with Gasteiger partial charge in [0.05, 0.1) is 6.54 Å². The maximum atomic E-state index is 12.9. The first-order chi connectivity index (χ1) is 10.2. The molecule has 1 aromatic carbocycles. The van der Waals surface area contributed by atoms with Crippen molar-refractivity contribution >= 4 is 11.5 Å². The second kappa shape index (κ2) is 7.77. The number of esters is 1. The molecule has 0 N–H and O–H groups in total. The molecule has 0 spiro atoms. The Morgan fingerprint density at radius 3 is 2.45 bits per heavy atom. The SMILES string of the molecule is C#CC(=CCN(C)CC(=O)OC(C)(C)C)c1ccc(F)cc1. The number of nitrogens with zero attached hydrogens (tertiary/aromatic N) is 1. The topological polar surface area (TPSA) is 29.5 Å². The van der Waals surface area contributed by atoms with E-state index in [2.05, 4.69) is 5.92 Å². The quantitative estimate of drug-likeness (QED) is 0.618. The van der Waals surface area contributed by atoms with E-state index in [4.69, 9.17) is 11.2 Å². The van der Waals surface area contributed by atoms with Gasteiger partial charge in [0.15, 0.2) is 0 Å². The molecule has 0 aromatic heterocycles. The predicted octanol–water partition coefficient (Wildman–Crippen LogP) is 3.12. The summed E-state index contributed by atoms with van der Waals surface area (Å²) in [6, 6.07) is 6.00. The molecule has 0 bridgehead atoms. The van der Waals surface area contributed by atoms with E-state index < -0.39 is 5.60 Å². The molecule has 0 saturated carbocycles. The van der Waals surface area contributed by atoms with Crippen LogP contribution in [0, 0.1) is 18.2 Å². The van der Waals surface area contributed by atoms with Gasteiger partial charge in [-0.2, -0.15) is 0 Å². The summed E-state index contributed by atoms with van der Waals surface area (Å²) in [6.07, 6.45) is 7.32. The van der Waals surface area contributed by atoms with Gasteiger partial charge in [-0.3, -0.25) is 9.69 Å². The minimum absolute atomic E-state index is 0.176. The molecule has 0 radical (unpaired) electrons. The highest BCUT2D eigenvalue weighted by atomic mass is 19.1. The van der Waals surface area contributed by atoms with Crippen LogP contribution in [0.5, 0.6) is 0 Å². The number of carbonyl (C=O) groups excluding carboxylic acids is 1. The Bertz CT molecular complexity index is 577. The third-order valence-corrected chi connectivity index (χ3v) is 2.74. The Kier molecular flexibility index (Phi) is 6.33. The molecular formula is C18H22FNO2. The van der Waals surface area contributed by atoms with E-state index in [0.29, 0.717) is 12.1 Å². The zero-order valence-corrected chi connectivity index (χ0v) is 13.5. The minimum atomic E-state index is -0.494. The standard InChI is InChI=1S/C18H22FNO2/c1-6-14(15-7-9-16(19)10-8-15)11-12-20(5)13-17(21)22-18(2,3)4/h1,7-11H,12-13H2,2-5H3. The summed E-state index contributed by atoms with van der Waals surface area (Å²) in [6.45, 7) is 6.16. The number of rotatable bonds is 5. The van der Waals surface area contributed by atoms with Crippen LogP contribution in [0.1, 0.15) is 26.3 Å². The van der Waals surface area contributed by atoms with Gasteiger partial charge in [-0.05, 0) is 45.5 Å². The van der Waals surface area contributed by atoms with Gasteiger partial charge in [-0.1, -0.05) is 24.1 Å². The summed E-state index contributed by atoms with van der Waals surface area (Å²) in [5, 5.41) is 0. The maximum absolute atomic E-state index is 12.9. The number of hydrogen-bond acceptors (Lipinski definition) is 3. The third-order valence-electron chi connectivity index (χ3n) is 2.74. The van der Waals surface area contributed by atoms with Crippen molar-refractivity contribution in [2.75, 3.05) is 20.1 Å². The highest BCUT2D eigenvalue weighted by molar-refractivity contribution is 5.78. The second-order valence-electron chi connectivity index (χ2n) is 6.05. The number of halogens is 1.